The summed E-state index contributed by atoms with van der Waals surface area (Å²) >= 11 is 0. The molecule has 0 bridgehead atoms. The summed E-state index contributed by atoms with van der Waals surface area (Å²) in [7, 11) is 0. The molecular weight excluding hydrogens is 419 g/mol. The minimum Gasteiger partial charge on any atom is -0.326 e. The number of rotatable bonds is 6. The first-order valence-electron chi connectivity index (χ1n) is 10.5. The van der Waals surface area contributed by atoms with Gasteiger partial charge in [0.15, 0.2) is 0 Å². The maximum atomic E-state index is 13.8. The molecule has 3 aromatic carbocycles. The lowest BCUT2D eigenvalue weighted by molar-refractivity contribution is -0.116. The summed E-state index contributed by atoms with van der Waals surface area (Å²) in [6.45, 7) is 1.82. The van der Waals surface area contributed by atoms with Gasteiger partial charge in [0.05, 0.1) is 5.69 Å². The Morgan fingerprint density at radius 1 is 0.848 bits per heavy atom. The molecule has 0 aliphatic carbocycles. The van der Waals surface area contributed by atoms with Crippen molar-refractivity contribution in [2.75, 3.05) is 16.0 Å². The molecule has 33 heavy (non-hydrogen) atoms. The normalized spacial score (nSPS) is 10.6. The van der Waals surface area contributed by atoms with E-state index >= 15 is 0 Å². The molecule has 3 amide bonds. The molecule has 0 aliphatic rings. The summed E-state index contributed by atoms with van der Waals surface area (Å²) < 4.78 is 13.8. The van der Waals surface area contributed by atoms with E-state index in [9.17, 15) is 14.0 Å². The number of hydrogen-bond acceptors (Lipinski definition) is 3. The molecule has 0 radical (unpaired) electrons. The largest absolute Gasteiger partial charge is 0.326 e. The zero-order valence-corrected chi connectivity index (χ0v) is 18.1. The Bertz CT molecular complexity index is 1310. The van der Waals surface area contributed by atoms with Crippen LogP contribution >= 0.6 is 0 Å². The van der Waals surface area contributed by atoms with E-state index < -0.39 is 11.8 Å². The molecule has 1 heterocycles. The third kappa shape index (κ3) is 5.92. The highest BCUT2D eigenvalue weighted by Gasteiger charge is 2.08. The monoisotopic (exact) mass is 442 g/mol. The van der Waals surface area contributed by atoms with Gasteiger partial charge in [-0.2, -0.15) is 0 Å². The lowest BCUT2D eigenvalue weighted by Crippen LogP contribution is -2.20. The minimum atomic E-state index is -0.530. The number of hydrogen-bond donors (Lipinski definition) is 3. The van der Waals surface area contributed by atoms with E-state index in [1.54, 1.807) is 36.7 Å². The number of amides is 3. The van der Waals surface area contributed by atoms with Crippen molar-refractivity contribution >= 4 is 39.8 Å². The molecule has 166 valence electrons. The number of nitrogens with zero attached hydrogens (tertiary/aromatic N) is 1. The number of aromatic nitrogens is 1. The third-order valence-electron chi connectivity index (χ3n) is 5.15. The highest BCUT2D eigenvalue weighted by Crippen LogP contribution is 2.19. The Labute approximate surface area is 190 Å². The summed E-state index contributed by atoms with van der Waals surface area (Å²) in [5.74, 6) is -0.574. The van der Waals surface area contributed by atoms with Crippen molar-refractivity contribution in [1.29, 1.82) is 0 Å². The Balaban J connectivity index is 1.27. The van der Waals surface area contributed by atoms with Crippen LogP contribution in [0.4, 0.5) is 26.2 Å². The van der Waals surface area contributed by atoms with Gasteiger partial charge in [0, 0.05) is 35.6 Å². The molecule has 6 nitrogen and oxygen atoms in total. The lowest BCUT2D eigenvalue weighted by atomic mass is 10.1. The molecule has 0 fully saturated rings. The van der Waals surface area contributed by atoms with Gasteiger partial charge in [0.1, 0.15) is 5.82 Å². The summed E-state index contributed by atoms with van der Waals surface area (Å²) in [5, 5.41) is 10.1. The smallest absolute Gasteiger partial charge is 0.323 e. The first kappa shape index (κ1) is 22.0. The number of carbonyl (C=O) groups excluding carboxylic acids is 2. The highest BCUT2D eigenvalue weighted by atomic mass is 19.1. The van der Waals surface area contributed by atoms with Crippen molar-refractivity contribution in [2.45, 2.75) is 19.8 Å². The molecule has 3 N–H and O–H groups in total. The standard InChI is InChI=1S/C26H23FN4O2/c1-17-2-10-23(27)24(14-17)31-26(33)30-21-7-3-18(4-8-21)5-11-25(32)29-22-9-6-20-16-28-13-12-19(20)15-22/h2-4,6-10,12-16H,5,11H2,1H3,(H,29,32)(H2,30,31,33). The van der Waals surface area contributed by atoms with Crippen molar-refractivity contribution in [2.24, 2.45) is 0 Å². The van der Waals surface area contributed by atoms with Crippen LogP contribution in [0.1, 0.15) is 17.5 Å². The van der Waals surface area contributed by atoms with Crippen molar-refractivity contribution in [3.05, 3.63) is 96.1 Å². The number of pyridine rings is 1. The van der Waals surface area contributed by atoms with Crippen LogP contribution < -0.4 is 16.0 Å². The number of carbonyl (C=O) groups is 2. The quantitative estimate of drug-likeness (QED) is 0.348. The molecule has 1 aromatic heterocycles. The SMILES string of the molecule is Cc1ccc(F)c(NC(=O)Nc2ccc(CCC(=O)Nc3ccc4cnccc4c3)cc2)c1. The Morgan fingerprint density at radius 2 is 1.64 bits per heavy atom. The maximum Gasteiger partial charge on any atom is 0.323 e. The minimum absolute atomic E-state index is 0.0785. The summed E-state index contributed by atoms with van der Waals surface area (Å²) in [4.78, 5) is 28.6. The fourth-order valence-electron chi connectivity index (χ4n) is 3.42. The molecule has 4 aromatic rings. The predicted molar refractivity (Wildman–Crippen MR) is 129 cm³/mol. The van der Waals surface area contributed by atoms with Crippen LogP contribution in [-0.4, -0.2) is 16.9 Å². The second kappa shape index (κ2) is 9.91. The first-order chi connectivity index (χ1) is 16.0. The van der Waals surface area contributed by atoms with Crippen LogP contribution in [0.15, 0.2) is 79.1 Å². The van der Waals surface area contributed by atoms with E-state index in [1.807, 2.05) is 43.3 Å². The Kier molecular flexibility index (Phi) is 6.59. The van der Waals surface area contributed by atoms with Gasteiger partial charge in [-0.1, -0.05) is 24.3 Å². The van der Waals surface area contributed by atoms with E-state index in [-0.39, 0.29) is 11.6 Å². The molecular formula is C26H23FN4O2. The van der Waals surface area contributed by atoms with Gasteiger partial charge >= 0.3 is 6.03 Å². The number of nitrogens with one attached hydrogen (secondary N) is 3. The zero-order valence-electron chi connectivity index (χ0n) is 18.1. The van der Waals surface area contributed by atoms with Gasteiger partial charge in [-0.3, -0.25) is 9.78 Å². The molecule has 0 aliphatic heterocycles. The van der Waals surface area contributed by atoms with E-state index in [2.05, 4.69) is 20.9 Å². The van der Waals surface area contributed by atoms with Gasteiger partial charge < -0.3 is 16.0 Å². The van der Waals surface area contributed by atoms with E-state index in [0.29, 0.717) is 18.5 Å². The average Bonchev–Trinajstić information content (AvgIpc) is 2.81. The molecule has 0 spiro atoms. The Morgan fingerprint density at radius 3 is 2.45 bits per heavy atom. The van der Waals surface area contributed by atoms with E-state index in [4.69, 9.17) is 0 Å². The van der Waals surface area contributed by atoms with Crippen molar-refractivity contribution in [3.63, 3.8) is 0 Å². The van der Waals surface area contributed by atoms with Crippen LogP contribution in [0.5, 0.6) is 0 Å². The van der Waals surface area contributed by atoms with E-state index in [0.717, 1.165) is 27.6 Å². The molecule has 4 rings (SSSR count). The Hall–Kier alpha value is -4.26. The average molecular weight is 442 g/mol. The number of anilines is 3. The van der Waals surface area contributed by atoms with Crippen LogP contribution in [0, 0.1) is 12.7 Å². The third-order valence-corrected chi connectivity index (χ3v) is 5.15. The van der Waals surface area contributed by atoms with Crippen molar-refractivity contribution in [3.8, 4) is 0 Å². The number of benzene rings is 3. The van der Waals surface area contributed by atoms with Crippen molar-refractivity contribution < 1.29 is 14.0 Å². The van der Waals surface area contributed by atoms with Gasteiger partial charge in [0.25, 0.3) is 0 Å². The van der Waals surface area contributed by atoms with Crippen LogP contribution in [0.2, 0.25) is 0 Å². The first-order valence-corrected chi connectivity index (χ1v) is 10.5. The fraction of sp³-hybridized carbons (Fsp3) is 0.115. The van der Waals surface area contributed by atoms with Crippen LogP contribution in [0.25, 0.3) is 10.8 Å². The molecule has 0 unspecified atom stereocenters. The summed E-state index contributed by atoms with van der Waals surface area (Å²) in [5.41, 5.74) is 3.25. The summed E-state index contributed by atoms with van der Waals surface area (Å²) in [6.07, 6.45) is 4.39. The van der Waals surface area contributed by atoms with Gasteiger partial charge in [-0.25, -0.2) is 9.18 Å². The van der Waals surface area contributed by atoms with Crippen molar-refractivity contribution in [1.82, 2.24) is 4.98 Å². The predicted octanol–water partition coefficient (Wildman–Crippen LogP) is 5.90. The van der Waals surface area contributed by atoms with Gasteiger partial charge in [-0.05, 0) is 72.3 Å². The van der Waals surface area contributed by atoms with Gasteiger partial charge in [-0.15, -0.1) is 0 Å². The van der Waals surface area contributed by atoms with Gasteiger partial charge in [0.2, 0.25) is 5.91 Å². The maximum absolute atomic E-state index is 13.8. The second-order valence-electron chi connectivity index (χ2n) is 7.75. The number of fused-ring (bicyclic) bond motifs is 1. The fourth-order valence-corrected chi connectivity index (χ4v) is 3.42. The molecule has 0 saturated heterocycles. The second-order valence-corrected chi connectivity index (χ2v) is 7.75. The lowest BCUT2D eigenvalue weighted by Gasteiger charge is -2.10. The summed E-state index contributed by atoms with van der Waals surface area (Å²) in [6, 6.07) is 18.8. The number of halogens is 1. The zero-order chi connectivity index (χ0) is 23.2. The molecule has 0 atom stereocenters. The highest BCUT2D eigenvalue weighted by molar-refractivity contribution is 6.00. The van der Waals surface area contributed by atoms with Crippen LogP contribution in [-0.2, 0) is 11.2 Å². The number of urea groups is 1. The van der Waals surface area contributed by atoms with E-state index in [1.165, 1.54) is 6.07 Å². The van der Waals surface area contributed by atoms with Crippen LogP contribution in [0.3, 0.4) is 0 Å². The molecule has 0 saturated carbocycles. The number of aryl methyl sites for hydroxylation is 2. The molecule has 7 heteroatoms. The topological polar surface area (TPSA) is 83.1 Å².